The van der Waals surface area contributed by atoms with Crippen LogP contribution in [0.1, 0.15) is 36.0 Å². The van der Waals surface area contributed by atoms with E-state index < -0.39 is 0 Å². The summed E-state index contributed by atoms with van der Waals surface area (Å²) in [6.45, 7) is 4.20. The highest BCUT2D eigenvalue weighted by molar-refractivity contribution is 5.43. The highest BCUT2D eigenvalue weighted by Crippen LogP contribution is 2.14. The van der Waals surface area contributed by atoms with Crippen molar-refractivity contribution in [3.63, 3.8) is 0 Å². The molecule has 3 rings (SSSR count). The smallest absolute Gasteiger partial charge is 0.225 e. The second-order valence-electron chi connectivity index (χ2n) is 5.44. The SMILES string of the molecule is Cc1cccc(C#Cc2cnc(N3CCCCC3)nc2)c1. The molecule has 0 aliphatic carbocycles. The summed E-state index contributed by atoms with van der Waals surface area (Å²) in [7, 11) is 0. The van der Waals surface area contributed by atoms with Crippen molar-refractivity contribution >= 4 is 5.95 Å². The molecule has 0 radical (unpaired) electrons. The molecule has 2 aromatic rings. The number of benzene rings is 1. The van der Waals surface area contributed by atoms with E-state index in [1.165, 1.54) is 24.8 Å². The standard InChI is InChI=1S/C18H19N3/c1-15-6-5-7-16(12-15)8-9-17-13-19-18(20-14-17)21-10-3-2-4-11-21/h5-7,12-14H,2-4,10-11H2,1H3. The van der Waals surface area contributed by atoms with E-state index in [4.69, 9.17) is 0 Å². The molecular weight excluding hydrogens is 258 g/mol. The van der Waals surface area contributed by atoms with Crippen LogP contribution in [0.25, 0.3) is 0 Å². The van der Waals surface area contributed by atoms with E-state index in [0.29, 0.717) is 0 Å². The molecule has 1 fully saturated rings. The third-order valence-corrected chi connectivity index (χ3v) is 3.65. The molecule has 0 unspecified atom stereocenters. The molecule has 1 aromatic carbocycles. The number of rotatable bonds is 1. The summed E-state index contributed by atoms with van der Waals surface area (Å²) in [6, 6.07) is 8.19. The van der Waals surface area contributed by atoms with Crippen LogP contribution in [0.2, 0.25) is 0 Å². The highest BCUT2D eigenvalue weighted by atomic mass is 15.2. The molecule has 0 bridgehead atoms. The lowest BCUT2D eigenvalue weighted by Gasteiger charge is -2.26. The fourth-order valence-corrected chi connectivity index (χ4v) is 2.51. The Morgan fingerprint density at radius 1 is 0.952 bits per heavy atom. The zero-order chi connectivity index (χ0) is 14.5. The minimum atomic E-state index is 0.829. The van der Waals surface area contributed by atoms with Gasteiger partial charge in [-0.2, -0.15) is 0 Å². The normalized spacial score (nSPS) is 14.4. The van der Waals surface area contributed by atoms with E-state index in [-0.39, 0.29) is 0 Å². The third kappa shape index (κ3) is 3.61. The van der Waals surface area contributed by atoms with Crippen LogP contribution >= 0.6 is 0 Å². The van der Waals surface area contributed by atoms with Crippen LogP contribution < -0.4 is 4.90 Å². The molecule has 0 N–H and O–H groups in total. The van der Waals surface area contributed by atoms with E-state index in [0.717, 1.165) is 30.2 Å². The van der Waals surface area contributed by atoms with Gasteiger partial charge in [-0.25, -0.2) is 9.97 Å². The van der Waals surface area contributed by atoms with E-state index in [1.807, 2.05) is 24.5 Å². The van der Waals surface area contributed by atoms with Crippen molar-refractivity contribution in [1.29, 1.82) is 0 Å². The molecule has 2 heterocycles. The molecule has 0 atom stereocenters. The molecule has 1 aliphatic rings. The Bertz CT molecular complexity index is 659. The van der Waals surface area contributed by atoms with Crippen molar-refractivity contribution in [2.75, 3.05) is 18.0 Å². The first-order valence-corrected chi connectivity index (χ1v) is 7.47. The summed E-state index contributed by atoms with van der Waals surface area (Å²) in [5.41, 5.74) is 3.10. The quantitative estimate of drug-likeness (QED) is 0.750. The lowest BCUT2D eigenvalue weighted by molar-refractivity contribution is 0.568. The number of nitrogens with zero attached hydrogens (tertiary/aromatic N) is 3. The van der Waals surface area contributed by atoms with Crippen molar-refractivity contribution in [1.82, 2.24) is 9.97 Å². The number of hydrogen-bond donors (Lipinski definition) is 0. The predicted molar refractivity (Wildman–Crippen MR) is 85.3 cm³/mol. The first-order chi connectivity index (χ1) is 10.3. The van der Waals surface area contributed by atoms with E-state index in [2.05, 4.69) is 45.8 Å². The van der Waals surface area contributed by atoms with Gasteiger partial charge in [-0.1, -0.05) is 24.0 Å². The van der Waals surface area contributed by atoms with Crippen LogP contribution in [0.5, 0.6) is 0 Å². The summed E-state index contributed by atoms with van der Waals surface area (Å²) in [5.74, 6) is 7.11. The number of hydrogen-bond acceptors (Lipinski definition) is 3. The average Bonchev–Trinajstić information content (AvgIpc) is 2.54. The van der Waals surface area contributed by atoms with Gasteiger partial charge in [0.2, 0.25) is 5.95 Å². The maximum Gasteiger partial charge on any atom is 0.225 e. The summed E-state index contributed by atoms with van der Waals surface area (Å²) in [5, 5.41) is 0. The van der Waals surface area contributed by atoms with Crippen LogP contribution in [-0.4, -0.2) is 23.1 Å². The van der Waals surface area contributed by atoms with Gasteiger partial charge in [0, 0.05) is 31.0 Å². The Kier molecular flexibility index (Phi) is 4.16. The van der Waals surface area contributed by atoms with Gasteiger partial charge in [-0.3, -0.25) is 0 Å². The number of anilines is 1. The number of aromatic nitrogens is 2. The second-order valence-corrected chi connectivity index (χ2v) is 5.44. The maximum absolute atomic E-state index is 4.44. The van der Waals surface area contributed by atoms with Crippen molar-refractivity contribution in [3.8, 4) is 11.8 Å². The van der Waals surface area contributed by atoms with Gasteiger partial charge in [0.1, 0.15) is 0 Å². The summed E-state index contributed by atoms with van der Waals surface area (Å²) in [4.78, 5) is 11.1. The van der Waals surface area contributed by atoms with Gasteiger partial charge < -0.3 is 4.90 Å². The van der Waals surface area contributed by atoms with Crippen LogP contribution in [0.4, 0.5) is 5.95 Å². The van der Waals surface area contributed by atoms with Crippen LogP contribution in [-0.2, 0) is 0 Å². The molecule has 3 nitrogen and oxygen atoms in total. The van der Waals surface area contributed by atoms with Crippen molar-refractivity contribution in [2.45, 2.75) is 26.2 Å². The first kappa shape index (κ1) is 13.6. The fourth-order valence-electron chi connectivity index (χ4n) is 2.51. The van der Waals surface area contributed by atoms with Gasteiger partial charge in [0.05, 0.1) is 5.56 Å². The topological polar surface area (TPSA) is 29.0 Å². The van der Waals surface area contributed by atoms with E-state index in [9.17, 15) is 0 Å². The molecule has 106 valence electrons. The second kappa shape index (κ2) is 6.41. The molecule has 1 aliphatic heterocycles. The lowest BCUT2D eigenvalue weighted by atomic mass is 10.1. The summed E-state index contributed by atoms with van der Waals surface area (Å²) < 4.78 is 0. The van der Waals surface area contributed by atoms with E-state index >= 15 is 0 Å². The van der Waals surface area contributed by atoms with Crippen molar-refractivity contribution < 1.29 is 0 Å². The third-order valence-electron chi connectivity index (χ3n) is 3.65. The molecule has 1 saturated heterocycles. The van der Waals surface area contributed by atoms with Crippen molar-refractivity contribution in [2.24, 2.45) is 0 Å². The molecule has 1 aromatic heterocycles. The first-order valence-electron chi connectivity index (χ1n) is 7.47. The molecule has 0 amide bonds. The number of piperidine rings is 1. The Balaban J connectivity index is 1.73. The lowest BCUT2D eigenvalue weighted by Crippen LogP contribution is -2.30. The van der Waals surface area contributed by atoms with Crippen LogP contribution in [0.15, 0.2) is 36.7 Å². The van der Waals surface area contributed by atoms with Gasteiger partial charge in [-0.15, -0.1) is 0 Å². The maximum atomic E-state index is 4.44. The number of aryl methyl sites for hydroxylation is 1. The Labute approximate surface area is 126 Å². The fraction of sp³-hybridized carbons (Fsp3) is 0.333. The minimum absolute atomic E-state index is 0.829. The monoisotopic (exact) mass is 277 g/mol. The Morgan fingerprint density at radius 3 is 2.38 bits per heavy atom. The molecular formula is C18H19N3. The summed E-state index contributed by atoms with van der Waals surface area (Å²) in [6.07, 6.45) is 7.42. The van der Waals surface area contributed by atoms with Gasteiger partial charge in [-0.05, 0) is 43.9 Å². The predicted octanol–water partition coefficient (Wildman–Crippen LogP) is 3.18. The minimum Gasteiger partial charge on any atom is -0.341 e. The molecule has 21 heavy (non-hydrogen) atoms. The zero-order valence-corrected chi connectivity index (χ0v) is 12.3. The van der Waals surface area contributed by atoms with Gasteiger partial charge in [0.25, 0.3) is 0 Å². The van der Waals surface area contributed by atoms with Gasteiger partial charge in [0.15, 0.2) is 0 Å². The summed E-state index contributed by atoms with van der Waals surface area (Å²) >= 11 is 0. The van der Waals surface area contributed by atoms with E-state index in [1.54, 1.807) is 0 Å². The molecule has 3 heteroatoms. The highest BCUT2D eigenvalue weighted by Gasteiger charge is 2.12. The Hall–Kier alpha value is -2.34. The zero-order valence-electron chi connectivity index (χ0n) is 12.3. The Morgan fingerprint density at radius 2 is 1.67 bits per heavy atom. The van der Waals surface area contributed by atoms with Gasteiger partial charge >= 0.3 is 0 Å². The van der Waals surface area contributed by atoms with Crippen LogP contribution in [0.3, 0.4) is 0 Å². The van der Waals surface area contributed by atoms with Crippen LogP contribution in [0, 0.1) is 18.8 Å². The largest absolute Gasteiger partial charge is 0.341 e. The molecule has 0 saturated carbocycles. The average molecular weight is 277 g/mol. The molecule has 0 spiro atoms. The van der Waals surface area contributed by atoms with Crippen molar-refractivity contribution in [3.05, 3.63) is 53.3 Å².